The van der Waals surface area contributed by atoms with Crippen LogP contribution in [0.25, 0.3) is 0 Å². The summed E-state index contributed by atoms with van der Waals surface area (Å²) in [5.74, 6) is 0. The topological polar surface area (TPSA) is 12.0 Å². The van der Waals surface area contributed by atoms with E-state index in [-0.39, 0.29) is 0 Å². The summed E-state index contributed by atoms with van der Waals surface area (Å²) in [4.78, 5) is 0. The normalized spacial score (nSPS) is 12.2. The molecule has 0 atom stereocenters. The molecule has 0 heterocycles. The number of allylic oxidation sites excluding steroid dienone is 4. The SMILES string of the molecule is C=C/C=C\C(=C/C)C(=C)NC(C)C. The summed E-state index contributed by atoms with van der Waals surface area (Å²) >= 11 is 0. The summed E-state index contributed by atoms with van der Waals surface area (Å²) in [6.07, 6.45) is 7.68. The van der Waals surface area contributed by atoms with Gasteiger partial charge < -0.3 is 5.32 Å². The number of hydrogen-bond acceptors (Lipinski definition) is 1. The third-order valence-electron chi connectivity index (χ3n) is 1.53. The first-order chi connectivity index (χ1) is 6.11. The van der Waals surface area contributed by atoms with Crippen LogP contribution in [-0.4, -0.2) is 6.04 Å². The van der Waals surface area contributed by atoms with Crippen LogP contribution in [0.5, 0.6) is 0 Å². The minimum absolute atomic E-state index is 0.416. The average molecular weight is 177 g/mol. The Balaban J connectivity index is 4.34. The molecule has 1 N–H and O–H groups in total. The predicted octanol–water partition coefficient (Wildman–Crippen LogP) is 3.19. The molecule has 0 saturated heterocycles. The van der Waals surface area contributed by atoms with Crippen molar-refractivity contribution in [2.24, 2.45) is 0 Å². The van der Waals surface area contributed by atoms with E-state index < -0.39 is 0 Å². The maximum absolute atomic E-state index is 3.95. The Morgan fingerprint density at radius 1 is 1.38 bits per heavy atom. The van der Waals surface area contributed by atoms with Crippen molar-refractivity contribution < 1.29 is 0 Å². The number of hydrogen-bond donors (Lipinski definition) is 1. The van der Waals surface area contributed by atoms with E-state index in [1.165, 1.54) is 0 Å². The van der Waals surface area contributed by atoms with Crippen molar-refractivity contribution in [2.45, 2.75) is 26.8 Å². The van der Waals surface area contributed by atoms with Crippen LogP contribution in [0.1, 0.15) is 20.8 Å². The molecule has 0 unspecified atom stereocenters. The van der Waals surface area contributed by atoms with Gasteiger partial charge >= 0.3 is 0 Å². The van der Waals surface area contributed by atoms with Gasteiger partial charge in [0.25, 0.3) is 0 Å². The number of nitrogens with one attached hydrogen (secondary N) is 1. The Morgan fingerprint density at radius 3 is 2.38 bits per heavy atom. The molecule has 0 amide bonds. The summed E-state index contributed by atoms with van der Waals surface area (Å²) in [6, 6.07) is 0.416. The first-order valence-electron chi connectivity index (χ1n) is 4.53. The zero-order chi connectivity index (χ0) is 10.3. The molecule has 0 bridgehead atoms. The molecule has 1 nitrogen and oxygen atoms in total. The van der Waals surface area contributed by atoms with Gasteiger partial charge in [0.1, 0.15) is 0 Å². The molecule has 1 heteroatoms. The highest BCUT2D eigenvalue weighted by molar-refractivity contribution is 5.37. The van der Waals surface area contributed by atoms with Crippen molar-refractivity contribution in [1.29, 1.82) is 0 Å². The molecule has 0 aliphatic carbocycles. The van der Waals surface area contributed by atoms with Gasteiger partial charge in [-0.1, -0.05) is 37.5 Å². The maximum atomic E-state index is 3.95. The van der Waals surface area contributed by atoms with E-state index in [1.807, 2.05) is 25.2 Å². The van der Waals surface area contributed by atoms with Crippen LogP contribution in [-0.2, 0) is 0 Å². The van der Waals surface area contributed by atoms with Crippen LogP contribution in [0.2, 0.25) is 0 Å². The molecule has 0 fully saturated rings. The summed E-state index contributed by atoms with van der Waals surface area (Å²) in [5, 5.41) is 3.25. The summed E-state index contributed by atoms with van der Waals surface area (Å²) < 4.78 is 0. The van der Waals surface area contributed by atoms with Gasteiger partial charge in [-0.25, -0.2) is 0 Å². The molecule has 0 saturated carbocycles. The molecular weight excluding hydrogens is 158 g/mol. The minimum atomic E-state index is 0.416. The summed E-state index contributed by atoms with van der Waals surface area (Å²) in [6.45, 7) is 13.8. The smallest absolute Gasteiger partial charge is 0.0339 e. The van der Waals surface area contributed by atoms with E-state index >= 15 is 0 Å². The average Bonchev–Trinajstić information content (AvgIpc) is 2.04. The van der Waals surface area contributed by atoms with Crippen molar-refractivity contribution >= 4 is 0 Å². The molecule has 0 aromatic carbocycles. The Kier molecular flexibility index (Phi) is 5.69. The highest BCUT2D eigenvalue weighted by Crippen LogP contribution is 2.07. The van der Waals surface area contributed by atoms with Gasteiger partial charge in [0.05, 0.1) is 0 Å². The molecule has 72 valence electrons. The Bertz CT molecular complexity index is 232. The van der Waals surface area contributed by atoms with Gasteiger partial charge in [-0.3, -0.25) is 0 Å². The highest BCUT2D eigenvalue weighted by Gasteiger charge is 1.98. The van der Waals surface area contributed by atoms with E-state index in [9.17, 15) is 0 Å². The lowest BCUT2D eigenvalue weighted by atomic mass is 10.1. The van der Waals surface area contributed by atoms with Crippen molar-refractivity contribution in [1.82, 2.24) is 5.32 Å². The van der Waals surface area contributed by atoms with Crippen LogP contribution < -0.4 is 5.32 Å². The van der Waals surface area contributed by atoms with E-state index in [0.717, 1.165) is 11.3 Å². The second-order valence-corrected chi connectivity index (χ2v) is 3.12. The lowest BCUT2D eigenvalue weighted by Crippen LogP contribution is -2.21. The third-order valence-corrected chi connectivity index (χ3v) is 1.53. The molecule has 0 aromatic heterocycles. The van der Waals surface area contributed by atoms with Crippen molar-refractivity contribution in [3.63, 3.8) is 0 Å². The lowest BCUT2D eigenvalue weighted by Gasteiger charge is -2.13. The van der Waals surface area contributed by atoms with Crippen LogP contribution in [0.4, 0.5) is 0 Å². The quantitative estimate of drug-likeness (QED) is 0.636. The third kappa shape index (κ3) is 5.07. The number of rotatable bonds is 5. The zero-order valence-corrected chi connectivity index (χ0v) is 8.80. The monoisotopic (exact) mass is 177 g/mol. The largest absolute Gasteiger partial charge is 0.383 e. The Hall–Kier alpha value is -1.24. The predicted molar refractivity (Wildman–Crippen MR) is 60.5 cm³/mol. The van der Waals surface area contributed by atoms with Gasteiger partial charge in [-0.15, -0.1) is 0 Å². The molecule has 0 aromatic rings. The van der Waals surface area contributed by atoms with Gasteiger partial charge in [0.2, 0.25) is 0 Å². The zero-order valence-electron chi connectivity index (χ0n) is 8.80. The Labute approximate surface area is 81.5 Å². The molecule has 0 rings (SSSR count). The van der Waals surface area contributed by atoms with Crippen LogP contribution in [0.3, 0.4) is 0 Å². The van der Waals surface area contributed by atoms with Gasteiger partial charge in [0.15, 0.2) is 0 Å². The highest BCUT2D eigenvalue weighted by atomic mass is 14.9. The van der Waals surface area contributed by atoms with Gasteiger partial charge in [-0.2, -0.15) is 0 Å². The lowest BCUT2D eigenvalue weighted by molar-refractivity contribution is 0.678. The van der Waals surface area contributed by atoms with Gasteiger partial charge in [-0.05, 0) is 26.3 Å². The van der Waals surface area contributed by atoms with E-state index in [1.54, 1.807) is 6.08 Å². The fourth-order valence-corrected chi connectivity index (χ4v) is 0.975. The second kappa shape index (κ2) is 6.30. The van der Waals surface area contributed by atoms with Crippen molar-refractivity contribution in [3.8, 4) is 0 Å². The van der Waals surface area contributed by atoms with Gasteiger partial charge in [0, 0.05) is 11.7 Å². The van der Waals surface area contributed by atoms with Crippen molar-refractivity contribution in [2.75, 3.05) is 0 Å². The van der Waals surface area contributed by atoms with Crippen LogP contribution >= 0.6 is 0 Å². The van der Waals surface area contributed by atoms with E-state index in [2.05, 4.69) is 32.3 Å². The first-order valence-corrected chi connectivity index (χ1v) is 4.53. The molecular formula is C12H19N. The fourth-order valence-electron chi connectivity index (χ4n) is 0.975. The van der Waals surface area contributed by atoms with Crippen LogP contribution in [0, 0.1) is 0 Å². The molecule has 0 spiro atoms. The summed E-state index contributed by atoms with van der Waals surface area (Å²) in [7, 11) is 0. The standard InChI is InChI=1S/C12H19N/c1-6-8-9-12(7-2)11(5)13-10(3)4/h6-10,13H,1,5H2,2-4H3/b9-8-,12-7+. The molecule has 0 radical (unpaired) electrons. The molecule has 0 aliphatic heterocycles. The maximum Gasteiger partial charge on any atom is 0.0339 e. The fraction of sp³-hybridized carbons (Fsp3) is 0.333. The summed E-state index contributed by atoms with van der Waals surface area (Å²) in [5.41, 5.74) is 2.06. The van der Waals surface area contributed by atoms with E-state index in [0.29, 0.717) is 6.04 Å². The first kappa shape index (κ1) is 11.8. The second-order valence-electron chi connectivity index (χ2n) is 3.12. The van der Waals surface area contributed by atoms with Crippen LogP contribution in [0.15, 0.2) is 48.7 Å². The molecule has 0 aliphatic rings. The van der Waals surface area contributed by atoms with Crippen molar-refractivity contribution in [3.05, 3.63) is 48.7 Å². The molecule has 13 heavy (non-hydrogen) atoms. The minimum Gasteiger partial charge on any atom is -0.383 e. The van der Waals surface area contributed by atoms with E-state index in [4.69, 9.17) is 0 Å². The Morgan fingerprint density at radius 2 is 2.00 bits per heavy atom.